The zero-order valence-corrected chi connectivity index (χ0v) is 7.12. The van der Waals surface area contributed by atoms with Gasteiger partial charge in [-0.3, -0.25) is 0 Å². The van der Waals surface area contributed by atoms with Crippen LogP contribution in [0, 0.1) is 0 Å². The van der Waals surface area contributed by atoms with Crippen LogP contribution < -0.4 is 5.44 Å². The molecular formula is C7H9NO2P+. The van der Waals surface area contributed by atoms with Crippen LogP contribution in [0.2, 0.25) is 0 Å². The molecule has 0 amide bonds. The van der Waals surface area contributed by atoms with Crippen molar-refractivity contribution in [2.75, 3.05) is 6.61 Å². The van der Waals surface area contributed by atoms with E-state index in [0.717, 1.165) is 0 Å². The molecule has 0 radical (unpaired) electrons. The Kier molecular flexibility index (Phi) is 3.14. The normalized spacial score (nSPS) is 11.2. The molecule has 4 heteroatoms. The molecule has 0 aliphatic carbocycles. The van der Waals surface area contributed by atoms with Crippen molar-refractivity contribution >= 4 is 13.5 Å². The van der Waals surface area contributed by atoms with Crippen molar-refractivity contribution in [2.45, 2.75) is 6.92 Å². The quantitative estimate of drug-likeness (QED) is 0.645. The molecule has 3 nitrogen and oxygen atoms in total. The zero-order valence-electron chi connectivity index (χ0n) is 6.23. The van der Waals surface area contributed by atoms with Crippen molar-refractivity contribution in [3.8, 4) is 0 Å². The van der Waals surface area contributed by atoms with Gasteiger partial charge in [-0.05, 0) is 17.6 Å². The molecule has 1 atom stereocenters. The lowest BCUT2D eigenvalue weighted by molar-refractivity contribution is 0.356. The maximum absolute atomic E-state index is 11.1. The van der Waals surface area contributed by atoms with E-state index in [1.807, 2.05) is 0 Å². The average molecular weight is 170 g/mol. The maximum atomic E-state index is 11.1. The molecule has 1 unspecified atom stereocenters. The van der Waals surface area contributed by atoms with Gasteiger partial charge in [-0.1, -0.05) is 6.07 Å². The molecule has 1 aromatic heterocycles. The van der Waals surface area contributed by atoms with Crippen LogP contribution >= 0.6 is 8.03 Å². The molecule has 0 N–H and O–H groups in total. The number of rotatable bonds is 3. The Hall–Kier alpha value is -0.790. The summed E-state index contributed by atoms with van der Waals surface area (Å²) in [6, 6.07) is 5.25. The predicted molar refractivity (Wildman–Crippen MR) is 43.1 cm³/mol. The molecule has 0 aliphatic heterocycles. The highest BCUT2D eigenvalue weighted by Crippen LogP contribution is 2.18. The van der Waals surface area contributed by atoms with E-state index in [4.69, 9.17) is 4.52 Å². The van der Waals surface area contributed by atoms with Crippen LogP contribution in [-0.4, -0.2) is 11.6 Å². The summed E-state index contributed by atoms with van der Waals surface area (Å²) < 4.78 is 16.0. The van der Waals surface area contributed by atoms with Crippen LogP contribution in [-0.2, 0) is 9.09 Å². The number of nitrogens with zero attached hydrogens (tertiary/aromatic N) is 1. The first-order valence-corrected chi connectivity index (χ1v) is 4.53. The third kappa shape index (κ3) is 2.37. The van der Waals surface area contributed by atoms with Crippen molar-refractivity contribution in [3.05, 3.63) is 24.4 Å². The maximum Gasteiger partial charge on any atom is 0.569 e. The minimum absolute atomic E-state index is 0.450. The van der Waals surface area contributed by atoms with Gasteiger partial charge in [0.15, 0.2) is 0 Å². The lowest BCUT2D eigenvalue weighted by Crippen LogP contribution is -2.01. The van der Waals surface area contributed by atoms with E-state index in [2.05, 4.69) is 4.98 Å². The first kappa shape index (κ1) is 8.31. The third-order valence-electron chi connectivity index (χ3n) is 1.08. The second-order valence-electron chi connectivity index (χ2n) is 1.86. The molecular weight excluding hydrogens is 161 g/mol. The second kappa shape index (κ2) is 4.16. The van der Waals surface area contributed by atoms with Crippen molar-refractivity contribution in [3.63, 3.8) is 0 Å². The molecule has 0 fully saturated rings. The second-order valence-corrected chi connectivity index (χ2v) is 3.09. The standard InChI is InChI=1S/C7H9NO2P/c1-2-10-11(9)7-5-3-4-6-8-7/h3-6H,2H2,1H3/q+1. The fourth-order valence-electron chi connectivity index (χ4n) is 0.645. The summed E-state index contributed by atoms with van der Waals surface area (Å²) in [6.07, 6.45) is 1.60. The van der Waals surface area contributed by atoms with E-state index in [9.17, 15) is 4.57 Å². The van der Waals surface area contributed by atoms with E-state index < -0.39 is 8.03 Å². The largest absolute Gasteiger partial charge is 0.569 e. The first-order valence-electron chi connectivity index (χ1n) is 3.36. The van der Waals surface area contributed by atoms with Gasteiger partial charge in [0.2, 0.25) is 0 Å². The predicted octanol–water partition coefficient (Wildman–Crippen LogP) is 1.49. The Morgan fingerprint density at radius 2 is 2.45 bits per heavy atom. The molecule has 1 heterocycles. The molecule has 0 aliphatic rings. The van der Waals surface area contributed by atoms with E-state index in [1.165, 1.54) is 0 Å². The molecule has 0 aromatic carbocycles. The van der Waals surface area contributed by atoms with E-state index in [1.54, 1.807) is 31.3 Å². The van der Waals surface area contributed by atoms with Crippen molar-refractivity contribution in [1.29, 1.82) is 0 Å². The molecule has 1 aromatic rings. The Bertz CT molecular complexity index is 237. The number of hydrogen-bond acceptors (Lipinski definition) is 3. The van der Waals surface area contributed by atoms with Crippen LogP contribution in [0.5, 0.6) is 0 Å². The smallest absolute Gasteiger partial charge is 0.210 e. The van der Waals surface area contributed by atoms with Gasteiger partial charge >= 0.3 is 13.5 Å². The summed E-state index contributed by atoms with van der Waals surface area (Å²) in [6.45, 7) is 2.25. The SMILES string of the molecule is CCO[P+](=O)c1ccccn1. The summed E-state index contributed by atoms with van der Waals surface area (Å²) in [5.41, 5.74) is 0.504. The number of aromatic nitrogens is 1. The lowest BCUT2D eigenvalue weighted by Gasteiger charge is -1.83. The molecule has 0 bridgehead atoms. The van der Waals surface area contributed by atoms with Gasteiger partial charge < -0.3 is 0 Å². The fraction of sp³-hybridized carbons (Fsp3) is 0.286. The van der Waals surface area contributed by atoms with Crippen molar-refractivity contribution < 1.29 is 9.09 Å². The van der Waals surface area contributed by atoms with E-state index >= 15 is 0 Å². The summed E-state index contributed by atoms with van der Waals surface area (Å²) in [5.74, 6) is 0. The Morgan fingerprint density at radius 1 is 1.64 bits per heavy atom. The lowest BCUT2D eigenvalue weighted by atomic mass is 10.5. The van der Waals surface area contributed by atoms with Crippen LogP contribution in [0.25, 0.3) is 0 Å². The Balaban J connectivity index is 2.69. The van der Waals surface area contributed by atoms with Crippen molar-refractivity contribution in [2.24, 2.45) is 0 Å². The van der Waals surface area contributed by atoms with Crippen LogP contribution in [0.1, 0.15) is 6.92 Å². The van der Waals surface area contributed by atoms with Gasteiger partial charge in [-0.25, -0.2) is 4.98 Å². The monoisotopic (exact) mass is 170 g/mol. The molecule has 0 spiro atoms. The topological polar surface area (TPSA) is 39.2 Å². The van der Waals surface area contributed by atoms with Gasteiger partial charge in [0.25, 0.3) is 0 Å². The van der Waals surface area contributed by atoms with Crippen LogP contribution in [0.4, 0.5) is 0 Å². The van der Waals surface area contributed by atoms with Gasteiger partial charge in [0, 0.05) is 12.3 Å². The van der Waals surface area contributed by atoms with Crippen LogP contribution in [0.15, 0.2) is 24.4 Å². The van der Waals surface area contributed by atoms with E-state index in [0.29, 0.717) is 12.0 Å². The minimum Gasteiger partial charge on any atom is -0.210 e. The molecule has 0 saturated carbocycles. The highest BCUT2D eigenvalue weighted by Gasteiger charge is 2.21. The summed E-state index contributed by atoms with van der Waals surface area (Å²) >= 11 is 0. The van der Waals surface area contributed by atoms with Crippen LogP contribution in [0.3, 0.4) is 0 Å². The minimum atomic E-state index is -1.74. The summed E-state index contributed by atoms with van der Waals surface area (Å²) in [7, 11) is -1.74. The third-order valence-corrected chi connectivity index (χ3v) is 2.21. The van der Waals surface area contributed by atoms with Crippen molar-refractivity contribution in [1.82, 2.24) is 4.98 Å². The average Bonchev–Trinajstić information content (AvgIpc) is 2.07. The Labute approximate surface area is 66.3 Å². The fourth-order valence-corrected chi connectivity index (χ4v) is 1.38. The summed E-state index contributed by atoms with van der Waals surface area (Å²) in [5, 5.41) is 0. The first-order chi connectivity index (χ1) is 5.34. The zero-order chi connectivity index (χ0) is 8.10. The number of hydrogen-bond donors (Lipinski definition) is 0. The highest BCUT2D eigenvalue weighted by molar-refractivity contribution is 7.48. The highest BCUT2D eigenvalue weighted by atomic mass is 31.1. The molecule has 58 valence electrons. The molecule has 1 rings (SSSR count). The molecule has 0 saturated heterocycles. The summed E-state index contributed by atoms with van der Waals surface area (Å²) in [4.78, 5) is 3.89. The van der Waals surface area contributed by atoms with E-state index in [-0.39, 0.29) is 0 Å². The van der Waals surface area contributed by atoms with Gasteiger partial charge in [0.05, 0.1) is 0 Å². The van der Waals surface area contributed by atoms with Gasteiger partial charge in [0.1, 0.15) is 6.61 Å². The Morgan fingerprint density at radius 3 is 3.00 bits per heavy atom. The molecule has 11 heavy (non-hydrogen) atoms. The number of pyridine rings is 1. The van der Waals surface area contributed by atoms with Gasteiger partial charge in [-0.15, -0.1) is 4.52 Å². The van der Waals surface area contributed by atoms with Gasteiger partial charge in [-0.2, -0.15) is 0 Å².